The normalized spacial score (nSPS) is 23.8. The van der Waals surface area contributed by atoms with E-state index in [2.05, 4.69) is 4.90 Å². The van der Waals surface area contributed by atoms with Crippen LogP contribution in [0.15, 0.2) is 18.2 Å². The van der Waals surface area contributed by atoms with Crippen molar-refractivity contribution in [1.29, 1.82) is 5.26 Å². The van der Waals surface area contributed by atoms with E-state index in [1.165, 1.54) is 12.1 Å². The van der Waals surface area contributed by atoms with Gasteiger partial charge in [0.25, 0.3) is 5.69 Å². The van der Waals surface area contributed by atoms with Crippen LogP contribution in [-0.2, 0) is 9.84 Å². The molecule has 0 spiro atoms. The summed E-state index contributed by atoms with van der Waals surface area (Å²) in [5.41, 5.74) is 0.837. The first-order chi connectivity index (χ1) is 11.4. The number of hydrogen-bond donors (Lipinski definition) is 0. The van der Waals surface area contributed by atoms with Gasteiger partial charge in [0.2, 0.25) is 0 Å². The molecule has 0 aliphatic carbocycles. The molecule has 2 aliphatic heterocycles. The Hall–Kier alpha value is -2.18. The van der Waals surface area contributed by atoms with Gasteiger partial charge in [-0.3, -0.25) is 15.0 Å². The van der Waals surface area contributed by atoms with Gasteiger partial charge in [-0.1, -0.05) is 0 Å². The number of hydrogen-bond acceptors (Lipinski definition) is 7. The van der Waals surface area contributed by atoms with Crippen molar-refractivity contribution >= 4 is 21.2 Å². The Morgan fingerprint density at radius 3 is 2.50 bits per heavy atom. The molecule has 0 radical (unpaired) electrons. The molecule has 1 aromatic rings. The van der Waals surface area contributed by atoms with Crippen molar-refractivity contribution in [3.05, 3.63) is 33.9 Å². The van der Waals surface area contributed by atoms with Crippen molar-refractivity contribution in [2.45, 2.75) is 12.5 Å². The molecule has 1 aromatic carbocycles. The lowest BCUT2D eigenvalue weighted by Gasteiger charge is -2.38. The third-order valence-corrected chi connectivity index (χ3v) is 6.43. The van der Waals surface area contributed by atoms with E-state index in [0.717, 1.165) is 0 Å². The Labute approximate surface area is 140 Å². The first-order valence-corrected chi connectivity index (χ1v) is 9.60. The van der Waals surface area contributed by atoms with Gasteiger partial charge in [-0.2, -0.15) is 5.26 Å². The Bertz CT molecular complexity index is 794. The lowest BCUT2D eigenvalue weighted by atomic mass is 10.1. The maximum Gasteiger partial charge on any atom is 0.292 e. The summed E-state index contributed by atoms with van der Waals surface area (Å²) in [5, 5.41) is 20.2. The molecular formula is C15H18N4O4S. The van der Waals surface area contributed by atoms with Crippen LogP contribution in [-0.4, -0.2) is 62.0 Å². The Kier molecular flexibility index (Phi) is 4.43. The summed E-state index contributed by atoms with van der Waals surface area (Å²) in [6.45, 7) is 2.47. The lowest BCUT2D eigenvalue weighted by molar-refractivity contribution is -0.384. The molecule has 2 saturated heterocycles. The fourth-order valence-corrected chi connectivity index (χ4v) is 5.15. The van der Waals surface area contributed by atoms with Crippen LogP contribution in [0.2, 0.25) is 0 Å². The van der Waals surface area contributed by atoms with Gasteiger partial charge in [-0.15, -0.1) is 0 Å². The number of anilines is 1. The second kappa shape index (κ2) is 6.37. The zero-order valence-corrected chi connectivity index (χ0v) is 13.9. The van der Waals surface area contributed by atoms with Crippen LogP contribution in [0.1, 0.15) is 12.0 Å². The second-order valence-electron chi connectivity index (χ2n) is 6.15. The van der Waals surface area contributed by atoms with E-state index in [1.54, 1.807) is 6.07 Å². The quantitative estimate of drug-likeness (QED) is 0.585. The van der Waals surface area contributed by atoms with Gasteiger partial charge < -0.3 is 4.90 Å². The molecule has 0 N–H and O–H groups in total. The third-order valence-electron chi connectivity index (χ3n) is 4.68. The highest BCUT2D eigenvalue weighted by atomic mass is 32.2. The third kappa shape index (κ3) is 3.34. The predicted octanol–water partition coefficient (Wildman–Crippen LogP) is 0.776. The Balaban J connectivity index is 1.73. The van der Waals surface area contributed by atoms with E-state index in [-0.39, 0.29) is 23.2 Å². The number of piperazine rings is 1. The van der Waals surface area contributed by atoms with E-state index < -0.39 is 14.8 Å². The highest BCUT2D eigenvalue weighted by Crippen LogP contribution is 2.30. The topological polar surface area (TPSA) is 108 Å². The second-order valence-corrected chi connectivity index (χ2v) is 8.38. The number of rotatable bonds is 3. The summed E-state index contributed by atoms with van der Waals surface area (Å²) in [5.74, 6) is 0.449. The molecular weight excluding hydrogens is 332 g/mol. The molecule has 0 bridgehead atoms. The fourth-order valence-electron chi connectivity index (χ4n) is 3.39. The smallest absolute Gasteiger partial charge is 0.292 e. The molecule has 24 heavy (non-hydrogen) atoms. The highest BCUT2D eigenvalue weighted by molar-refractivity contribution is 7.91. The maximum atomic E-state index is 11.6. The summed E-state index contributed by atoms with van der Waals surface area (Å²) in [4.78, 5) is 14.8. The van der Waals surface area contributed by atoms with Crippen molar-refractivity contribution in [2.75, 3.05) is 42.6 Å². The van der Waals surface area contributed by atoms with E-state index in [1.807, 2.05) is 11.0 Å². The largest absolute Gasteiger partial charge is 0.363 e. The van der Waals surface area contributed by atoms with Gasteiger partial charge >= 0.3 is 0 Å². The monoisotopic (exact) mass is 350 g/mol. The number of nitriles is 1. The lowest BCUT2D eigenvalue weighted by Crippen LogP contribution is -2.50. The van der Waals surface area contributed by atoms with Crippen LogP contribution in [0, 0.1) is 21.4 Å². The van der Waals surface area contributed by atoms with Crippen LogP contribution in [0.3, 0.4) is 0 Å². The molecule has 2 heterocycles. The van der Waals surface area contributed by atoms with E-state index in [4.69, 9.17) is 5.26 Å². The zero-order chi connectivity index (χ0) is 17.3. The van der Waals surface area contributed by atoms with Gasteiger partial charge in [0.05, 0.1) is 28.1 Å². The minimum absolute atomic E-state index is 0.00843. The van der Waals surface area contributed by atoms with Gasteiger partial charge in [0.1, 0.15) is 5.69 Å². The molecule has 128 valence electrons. The van der Waals surface area contributed by atoms with Crippen LogP contribution in [0.4, 0.5) is 11.4 Å². The maximum absolute atomic E-state index is 11.6. The summed E-state index contributed by atoms with van der Waals surface area (Å²) >= 11 is 0. The van der Waals surface area contributed by atoms with Gasteiger partial charge in [-0.05, 0) is 18.6 Å². The van der Waals surface area contributed by atoms with E-state index in [9.17, 15) is 18.5 Å². The van der Waals surface area contributed by atoms with Crippen molar-refractivity contribution in [2.24, 2.45) is 0 Å². The molecule has 1 atom stereocenters. The summed E-state index contributed by atoms with van der Waals surface area (Å²) < 4.78 is 23.2. The molecule has 0 amide bonds. The molecule has 3 rings (SSSR count). The molecule has 9 heteroatoms. The predicted molar refractivity (Wildman–Crippen MR) is 88.7 cm³/mol. The molecule has 1 unspecified atom stereocenters. The molecule has 2 aliphatic rings. The summed E-state index contributed by atoms with van der Waals surface area (Å²) in [6.07, 6.45) is 0.659. The number of nitro groups is 1. The van der Waals surface area contributed by atoms with Crippen molar-refractivity contribution in [1.82, 2.24) is 4.90 Å². The molecule has 8 nitrogen and oxygen atoms in total. The average molecular weight is 350 g/mol. The average Bonchev–Trinajstić information content (AvgIpc) is 2.94. The van der Waals surface area contributed by atoms with Crippen LogP contribution < -0.4 is 4.90 Å². The fraction of sp³-hybridized carbons (Fsp3) is 0.533. The first-order valence-electron chi connectivity index (χ1n) is 7.77. The first kappa shape index (κ1) is 16.7. The number of nitrogens with zero attached hydrogens (tertiary/aromatic N) is 4. The van der Waals surface area contributed by atoms with E-state index in [0.29, 0.717) is 43.9 Å². The number of nitro benzene ring substituents is 1. The zero-order valence-electron chi connectivity index (χ0n) is 13.1. The highest BCUT2D eigenvalue weighted by Gasteiger charge is 2.34. The SMILES string of the molecule is N#Cc1ccc([N+](=O)[O-])c(N2CCN(C3CCS(=O)(=O)C3)CC2)c1. The molecule has 2 fully saturated rings. The number of sulfone groups is 1. The van der Waals surface area contributed by atoms with Crippen molar-refractivity contribution in [3.8, 4) is 6.07 Å². The van der Waals surface area contributed by atoms with Gasteiger partial charge in [0.15, 0.2) is 9.84 Å². The molecule has 0 saturated carbocycles. The van der Waals surface area contributed by atoms with Crippen LogP contribution in [0.5, 0.6) is 0 Å². The molecule has 0 aromatic heterocycles. The van der Waals surface area contributed by atoms with Crippen molar-refractivity contribution < 1.29 is 13.3 Å². The van der Waals surface area contributed by atoms with Crippen LogP contribution in [0.25, 0.3) is 0 Å². The standard InChI is InChI=1S/C15H18N4O4S/c16-10-12-1-2-14(19(20)21)15(9-12)18-6-4-17(5-7-18)13-3-8-24(22,23)11-13/h1-2,9,13H,3-8,11H2. The van der Waals surface area contributed by atoms with E-state index >= 15 is 0 Å². The Morgan fingerprint density at radius 2 is 1.96 bits per heavy atom. The summed E-state index contributed by atoms with van der Waals surface area (Å²) in [7, 11) is -2.92. The van der Waals surface area contributed by atoms with Crippen LogP contribution >= 0.6 is 0 Å². The minimum atomic E-state index is -2.92. The summed E-state index contributed by atoms with van der Waals surface area (Å²) in [6, 6.07) is 6.42. The minimum Gasteiger partial charge on any atom is -0.363 e. The number of benzene rings is 1. The van der Waals surface area contributed by atoms with Gasteiger partial charge in [0, 0.05) is 38.3 Å². The Morgan fingerprint density at radius 1 is 1.25 bits per heavy atom. The van der Waals surface area contributed by atoms with Gasteiger partial charge in [-0.25, -0.2) is 8.42 Å². The van der Waals surface area contributed by atoms with Crippen molar-refractivity contribution in [3.63, 3.8) is 0 Å².